The van der Waals surface area contributed by atoms with Crippen LogP contribution in [0.5, 0.6) is 0 Å². The van der Waals surface area contributed by atoms with E-state index in [1.165, 1.54) is 11.3 Å². The molecule has 5 aromatic rings. The smallest absolute Gasteiger partial charge is 0.270 e. The lowest BCUT2D eigenvalue weighted by atomic mass is 9.87. The SMILES string of the molecule is Cc1ccccc1N1CCN(C(=O)C[C@@H](c2ccccc2)c2cn(Cc3ccccc3)c3ccc([N+](=O)[O-])cc23)CC1. The van der Waals surface area contributed by atoms with Gasteiger partial charge in [-0.3, -0.25) is 14.9 Å². The number of carbonyl (C=O) groups is 1. The molecule has 0 aliphatic carbocycles. The lowest BCUT2D eigenvalue weighted by Gasteiger charge is -2.37. The van der Waals surface area contributed by atoms with Crippen LogP contribution in [0.4, 0.5) is 11.4 Å². The highest BCUT2D eigenvalue weighted by Gasteiger charge is 2.28. The summed E-state index contributed by atoms with van der Waals surface area (Å²) in [5.74, 6) is -0.141. The fourth-order valence-electron chi connectivity index (χ4n) is 6.13. The Morgan fingerprint density at radius 3 is 2.21 bits per heavy atom. The van der Waals surface area contributed by atoms with Gasteiger partial charge in [0.1, 0.15) is 0 Å². The van der Waals surface area contributed by atoms with Crippen LogP contribution in [-0.4, -0.2) is 46.5 Å². The number of fused-ring (bicyclic) bond motifs is 1. The number of non-ortho nitro benzene ring substituents is 1. The molecular formula is C35H34N4O3. The van der Waals surface area contributed by atoms with Gasteiger partial charge in [-0.25, -0.2) is 0 Å². The number of nitrogens with zero attached hydrogens (tertiary/aromatic N) is 4. The standard InChI is InChI=1S/C35H34N4O3/c1-26-10-8-9-15-33(26)36-18-20-37(21-19-36)35(40)23-30(28-13-6-3-7-14-28)32-25-38(24-27-11-4-2-5-12-27)34-17-16-29(39(41)42)22-31(32)34/h2-17,22,25,30H,18-21,23-24H2,1H3/t30-/m0/s1. The Bertz CT molecular complexity index is 1710. The van der Waals surface area contributed by atoms with Crippen LogP contribution in [0.15, 0.2) is 109 Å². The normalized spacial score (nSPS) is 14.2. The van der Waals surface area contributed by atoms with Crippen molar-refractivity contribution in [3.05, 3.63) is 142 Å². The first kappa shape index (κ1) is 27.3. The van der Waals surface area contributed by atoms with Gasteiger partial charge in [0.15, 0.2) is 0 Å². The van der Waals surface area contributed by atoms with E-state index in [4.69, 9.17) is 0 Å². The number of carbonyl (C=O) groups excluding carboxylic acids is 1. The van der Waals surface area contributed by atoms with E-state index in [2.05, 4.69) is 52.9 Å². The predicted molar refractivity (Wildman–Crippen MR) is 167 cm³/mol. The average molecular weight is 559 g/mol. The van der Waals surface area contributed by atoms with Crippen molar-refractivity contribution in [3.8, 4) is 0 Å². The van der Waals surface area contributed by atoms with Crippen LogP contribution in [0.25, 0.3) is 10.9 Å². The molecule has 212 valence electrons. The van der Waals surface area contributed by atoms with Crippen molar-refractivity contribution in [1.29, 1.82) is 0 Å². The van der Waals surface area contributed by atoms with Gasteiger partial charge in [-0.1, -0.05) is 78.9 Å². The number of para-hydroxylation sites is 1. The van der Waals surface area contributed by atoms with Crippen molar-refractivity contribution >= 4 is 28.2 Å². The minimum atomic E-state index is -0.353. The number of nitro benzene ring substituents is 1. The molecule has 0 unspecified atom stereocenters. The summed E-state index contributed by atoms with van der Waals surface area (Å²) in [6.07, 6.45) is 2.38. The van der Waals surface area contributed by atoms with E-state index in [1.54, 1.807) is 12.1 Å². The van der Waals surface area contributed by atoms with E-state index in [9.17, 15) is 14.9 Å². The Balaban J connectivity index is 1.33. The van der Waals surface area contributed by atoms with Gasteiger partial charge in [0, 0.05) is 80.0 Å². The quantitative estimate of drug-likeness (QED) is 0.156. The van der Waals surface area contributed by atoms with E-state index in [1.807, 2.05) is 65.6 Å². The molecule has 1 aliphatic rings. The molecule has 7 nitrogen and oxygen atoms in total. The molecule has 0 saturated carbocycles. The topological polar surface area (TPSA) is 71.6 Å². The van der Waals surface area contributed by atoms with Crippen molar-refractivity contribution < 1.29 is 9.72 Å². The molecule has 42 heavy (non-hydrogen) atoms. The number of anilines is 1. The van der Waals surface area contributed by atoms with Crippen molar-refractivity contribution in [2.24, 2.45) is 0 Å². The van der Waals surface area contributed by atoms with E-state index in [0.717, 1.165) is 40.7 Å². The molecule has 0 N–H and O–H groups in total. The number of hydrogen-bond acceptors (Lipinski definition) is 4. The van der Waals surface area contributed by atoms with Crippen LogP contribution in [-0.2, 0) is 11.3 Å². The molecule has 0 radical (unpaired) electrons. The Labute approximate surface area is 245 Å². The van der Waals surface area contributed by atoms with Crippen LogP contribution < -0.4 is 4.90 Å². The first-order valence-corrected chi connectivity index (χ1v) is 14.4. The maximum absolute atomic E-state index is 13.9. The third-order valence-corrected chi connectivity index (χ3v) is 8.35. The second-order valence-electron chi connectivity index (χ2n) is 11.0. The fraction of sp³-hybridized carbons (Fsp3) is 0.229. The van der Waals surface area contributed by atoms with Gasteiger partial charge in [-0.05, 0) is 41.3 Å². The highest BCUT2D eigenvalue weighted by atomic mass is 16.6. The largest absolute Gasteiger partial charge is 0.368 e. The first-order chi connectivity index (χ1) is 20.5. The van der Waals surface area contributed by atoms with Crippen molar-refractivity contribution in [2.75, 3.05) is 31.1 Å². The van der Waals surface area contributed by atoms with Crippen LogP contribution in [0, 0.1) is 17.0 Å². The number of piperazine rings is 1. The number of aromatic nitrogens is 1. The number of aryl methyl sites for hydroxylation is 1. The molecule has 7 heteroatoms. The molecule has 2 heterocycles. The van der Waals surface area contributed by atoms with Crippen LogP contribution in [0.1, 0.15) is 34.6 Å². The van der Waals surface area contributed by atoms with E-state index < -0.39 is 0 Å². The predicted octanol–water partition coefficient (Wildman–Crippen LogP) is 6.78. The van der Waals surface area contributed by atoms with E-state index in [-0.39, 0.29) is 22.4 Å². The molecule has 4 aromatic carbocycles. The molecule has 6 rings (SSSR count). The number of benzene rings is 4. The Kier molecular flexibility index (Phi) is 7.73. The van der Waals surface area contributed by atoms with E-state index >= 15 is 0 Å². The lowest BCUT2D eigenvalue weighted by Crippen LogP contribution is -2.49. The monoisotopic (exact) mass is 558 g/mol. The van der Waals surface area contributed by atoms with E-state index in [0.29, 0.717) is 26.1 Å². The summed E-state index contributed by atoms with van der Waals surface area (Å²) in [4.78, 5) is 29.6. The lowest BCUT2D eigenvalue weighted by molar-refractivity contribution is -0.384. The summed E-state index contributed by atoms with van der Waals surface area (Å²) in [5.41, 5.74) is 6.52. The van der Waals surface area contributed by atoms with Crippen molar-refractivity contribution in [2.45, 2.75) is 25.8 Å². The average Bonchev–Trinajstić information content (AvgIpc) is 3.38. The highest BCUT2D eigenvalue weighted by Crippen LogP contribution is 2.37. The molecule has 1 aromatic heterocycles. The maximum atomic E-state index is 13.9. The zero-order chi connectivity index (χ0) is 29.1. The summed E-state index contributed by atoms with van der Waals surface area (Å²) in [6, 6.07) is 33.6. The second kappa shape index (κ2) is 11.9. The Morgan fingerprint density at radius 1 is 0.857 bits per heavy atom. The minimum absolute atomic E-state index is 0.0478. The van der Waals surface area contributed by atoms with Crippen molar-refractivity contribution in [3.63, 3.8) is 0 Å². The van der Waals surface area contributed by atoms with Gasteiger partial charge in [-0.2, -0.15) is 0 Å². The molecule has 1 atom stereocenters. The van der Waals surface area contributed by atoms with Gasteiger partial charge >= 0.3 is 0 Å². The molecule has 0 spiro atoms. The van der Waals surface area contributed by atoms with Gasteiger partial charge in [-0.15, -0.1) is 0 Å². The second-order valence-corrected chi connectivity index (χ2v) is 11.0. The molecule has 1 amide bonds. The Hall–Kier alpha value is -4.91. The third kappa shape index (κ3) is 5.63. The number of rotatable bonds is 8. The molecular weight excluding hydrogens is 524 g/mol. The molecule has 0 bridgehead atoms. The van der Waals surface area contributed by atoms with Crippen LogP contribution >= 0.6 is 0 Å². The maximum Gasteiger partial charge on any atom is 0.270 e. The van der Waals surface area contributed by atoms with Gasteiger partial charge in [0.2, 0.25) is 5.91 Å². The van der Waals surface area contributed by atoms with Crippen LogP contribution in [0.3, 0.4) is 0 Å². The fourth-order valence-corrected chi connectivity index (χ4v) is 6.13. The molecule has 1 saturated heterocycles. The van der Waals surface area contributed by atoms with Gasteiger partial charge in [0.05, 0.1) is 4.92 Å². The van der Waals surface area contributed by atoms with Crippen molar-refractivity contribution in [1.82, 2.24) is 9.47 Å². The number of amides is 1. The zero-order valence-corrected chi connectivity index (χ0v) is 23.7. The number of nitro groups is 1. The zero-order valence-electron chi connectivity index (χ0n) is 23.7. The summed E-state index contributed by atoms with van der Waals surface area (Å²) >= 11 is 0. The molecule has 1 aliphatic heterocycles. The molecule has 1 fully saturated rings. The summed E-state index contributed by atoms with van der Waals surface area (Å²) in [6.45, 7) is 5.65. The highest BCUT2D eigenvalue weighted by molar-refractivity contribution is 5.88. The summed E-state index contributed by atoms with van der Waals surface area (Å²) < 4.78 is 2.14. The number of hydrogen-bond donors (Lipinski definition) is 0. The summed E-state index contributed by atoms with van der Waals surface area (Å²) in [5, 5.41) is 12.6. The first-order valence-electron chi connectivity index (χ1n) is 14.4. The minimum Gasteiger partial charge on any atom is -0.368 e. The van der Waals surface area contributed by atoms with Crippen LogP contribution in [0.2, 0.25) is 0 Å². The Morgan fingerprint density at radius 2 is 1.52 bits per heavy atom. The van der Waals surface area contributed by atoms with Gasteiger partial charge < -0.3 is 14.4 Å². The van der Waals surface area contributed by atoms with Gasteiger partial charge in [0.25, 0.3) is 5.69 Å². The summed E-state index contributed by atoms with van der Waals surface area (Å²) in [7, 11) is 0. The third-order valence-electron chi connectivity index (χ3n) is 8.35.